The number of rotatable bonds is 7. The summed E-state index contributed by atoms with van der Waals surface area (Å²) in [4.78, 5) is 0.416. The fourth-order valence-corrected chi connectivity index (χ4v) is 3.57. The number of hydrogen-bond donors (Lipinski definition) is 2. The standard InChI is InChI=1S/C13H21N3O2S/c1-2-14-8-12-7-13(9-16(12)11-5-6-11)19(17,18)15-10-3-4-10/h7,9-11,14-15H,2-6,8H2,1H3. The fraction of sp³-hybridized carbons (Fsp3) is 0.692. The average molecular weight is 283 g/mol. The largest absolute Gasteiger partial charge is 0.346 e. The highest BCUT2D eigenvalue weighted by atomic mass is 32.2. The van der Waals surface area contributed by atoms with E-state index in [-0.39, 0.29) is 6.04 Å². The monoisotopic (exact) mass is 283 g/mol. The first-order valence-electron chi connectivity index (χ1n) is 7.04. The minimum atomic E-state index is -3.33. The molecule has 0 aromatic carbocycles. The van der Waals surface area contributed by atoms with Crippen LogP contribution in [0.4, 0.5) is 0 Å². The maximum absolute atomic E-state index is 12.2. The summed E-state index contributed by atoms with van der Waals surface area (Å²) in [6.45, 7) is 3.67. The van der Waals surface area contributed by atoms with E-state index in [9.17, 15) is 8.42 Å². The summed E-state index contributed by atoms with van der Waals surface area (Å²) in [6.07, 6.45) is 6.04. The van der Waals surface area contributed by atoms with E-state index in [1.807, 2.05) is 6.07 Å². The van der Waals surface area contributed by atoms with Crippen LogP contribution in [0.25, 0.3) is 0 Å². The smallest absolute Gasteiger partial charge is 0.242 e. The van der Waals surface area contributed by atoms with E-state index < -0.39 is 10.0 Å². The zero-order chi connectivity index (χ0) is 13.5. The third-order valence-electron chi connectivity index (χ3n) is 3.61. The molecule has 0 amide bonds. The molecular formula is C13H21N3O2S. The van der Waals surface area contributed by atoms with Crippen molar-refractivity contribution in [2.75, 3.05) is 6.54 Å². The first-order valence-corrected chi connectivity index (χ1v) is 8.52. The van der Waals surface area contributed by atoms with Crippen LogP contribution in [0.5, 0.6) is 0 Å². The summed E-state index contributed by atoms with van der Waals surface area (Å²) in [5, 5.41) is 3.27. The summed E-state index contributed by atoms with van der Waals surface area (Å²) in [5.41, 5.74) is 1.07. The van der Waals surface area contributed by atoms with Crippen molar-refractivity contribution in [2.45, 2.75) is 56.1 Å². The van der Waals surface area contributed by atoms with Crippen LogP contribution in [0.15, 0.2) is 17.2 Å². The Kier molecular flexibility index (Phi) is 3.41. The molecule has 1 aromatic rings. The highest BCUT2D eigenvalue weighted by molar-refractivity contribution is 7.89. The van der Waals surface area contributed by atoms with E-state index in [0.717, 1.165) is 44.5 Å². The molecule has 1 heterocycles. The van der Waals surface area contributed by atoms with Crippen molar-refractivity contribution in [3.05, 3.63) is 18.0 Å². The minimum Gasteiger partial charge on any atom is -0.346 e. The van der Waals surface area contributed by atoms with Crippen molar-refractivity contribution in [1.82, 2.24) is 14.6 Å². The Hall–Kier alpha value is -0.850. The summed E-state index contributed by atoms with van der Waals surface area (Å²) < 4.78 is 29.3. The van der Waals surface area contributed by atoms with Gasteiger partial charge in [-0.25, -0.2) is 13.1 Å². The lowest BCUT2D eigenvalue weighted by molar-refractivity contribution is 0.580. The summed E-state index contributed by atoms with van der Waals surface area (Å²) >= 11 is 0. The van der Waals surface area contributed by atoms with Crippen LogP contribution >= 0.6 is 0 Å². The van der Waals surface area contributed by atoms with Gasteiger partial charge in [-0.05, 0) is 38.3 Å². The van der Waals surface area contributed by atoms with Crippen LogP contribution in [0, 0.1) is 0 Å². The molecule has 0 aliphatic heterocycles. The van der Waals surface area contributed by atoms with Crippen molar-refractivity contribution < 1.29 is 8.42 Å². The van der Waals surface area contributed by atoms with E-state index in [0.29, 0.717) is 10.9 Å². The number of nitrogens with one attached hydrogen (secondary N) is 2. The first-order chi connectivity index (χ1) is 9.10. The van der Waals surface area contributed by atoms with Gasteiger partial charge >= 0.3 is 0 Å². The van der Waals surface area contributed by atoms with Gasteiger partial charge in [-0.15, -0.1) is 0 Å². The van der Waals surface area contributed by atoms with Crippen LogP contribution in [-0.4, -0.2) is 25.6 Å². The van der Waals surface area contributed by atoms with Crippen molar-refractivity contribution >= 4 is 10.0 Å². The summed E-state index contributed by atoms with van der Waals surface area (Å²) in [7, 11) is -3.33. The molecule has 0 saturated heterocycles. The second-order valence-electron chi connectivity index (χ2n) is 5.48. The Morgan fingerprint density at radius 2 is 2.05 bits per heavy atom. The van der Waals surface area contributed by atoms with Crippen molar-refractivity contribution in [2.24, 2.45) is 0 Å². The molecular weight excluding hydrogens is 262 g/mol. The molecule has 2 fully saturated rings. The second-order valence-corrected chi connectivity index (χ2v) is 7.20. The minimum absolute atomic E-state index is 0.159. The molecule has 5 nitrogen and oxygen atoms in total. The van der Waals surface area contributed by atoms with Crippen molar-refractivity contribution in [3.8, 4) is 0 Å². The van der Waals surface area contributed by atoms with Gasteiger partial charge in [0, 0.05) is 30.5 Å². The Bertz CT molecular complexity index is 556. The predicted molar refractivity (Wildman–Crippen MR) is 73.4 cm³/mol. The Labute approximate surface area is 114 Å². The molecule has 2 N–H and O–H groups in total. The Balaban J connectivity index is 1.84. The average Bonchev–Trinajstić information content (AvgIpc) is 3.28. The lowest BCUT2D eigenvalue weighted by Crippen LogP contribution is -2.25. The maximum Gasteiger partial charge on any atom is 0.242 e. The van der Waals surface area contributed by atoms with Gasteiger partial charge in [0.2, 0.25) is 10.0 Å². The quantitative estimate of drug-likeness (QED) is 0.794. The lowest BCUT2D eigenvalue weighted by Gasteiger charge is -2.07. The van der Waals surface area contributed by atoms with Crippen LogP contribution < -0.4 is 10.0 Å². The zero-order valence-corrected chi connectivity index (χ0v) is 12.0. The molecule has 0 spiro atoms. The molecule has 106 valence electrons. The molecule has 1 aromatic heterocycles. The molecule has 19 heavy (non-hydrogen) atoms. The van der Waals surface area contributed by atoms with Gasteiger partial charge in [0.1, 0.15) is 0 Å². The number of hydrogen-bond acceptors (Lipinski definition) is 3. The van der Waals surface area contributed by atoms with Gasteiger partial charge in [0.15, 0.2) is 0 Å². The van der Waals surface area contributed by atoms with Gasteiger partial charge < -0.3 is 9.88 Å². The van der Waals surface area contributed by atoms with Crippen LogP contribution in [0.3, 0.4) is 0 Å². The molecule has 2 aliphatic carbocycles. The van der Waals surface area contributed by atoms with E-state index >= 15 is 0 Å². The van der Waals surface area contributed by atoms with Crippen LogP contribution in [0.2, 0.25) is 0 Å². The predicted octanol–water partition coefficient (Wildman–Crippen LogP) is 1.37. The summed E-state index contributed by atoms with van der Waals surface area (Å²) in [6, 6.07) is 2.47. The van der Waals surface area contributed by atoms with Crippen LogP contribution in [0.1, 0.15) is 44.3 Å². The Morgan fingerprint density at radius 1 is 1.32 bits per heavy atom. The van der Waals surface area contributed by atoms with Gasteiger partial charge in [-0.1, -0.05) is 6.92 Å². The lowest BCUT2D eigenvalue weighted by atomic mass is 10.4. The fourth-order valence-electron chi connectivity index (χ4n) is 2.22. The van der Waals surface area contributed by atoms with E-state index in [4.69, 9.17) is 0 Å². The molecule has 3 rings (SSSR count). The maximum atomic E-state index is 12.2. The molecule has 0 unspecified atom stereocenters. The summed E-state index contributed by atoms with van der Waals surface area (Å²) in [5.74, 6) is 0. The van der Waals surface area contributed by atoms with E-state index in [2.05, 4.69) is 21.5 Å². The molecule has 2 aliphatic rings. The van der Waals surface area contributed by atoms with Gasteiger partial charge in [-0.3, -0.25) is 0 Å². The van der Waals surface area contributed by atoms with E-state index in [1.165, 1.54) is 0 Å². The molecule has 0 bridgehead atoms. The van der Waals surface area contributed by atoms with Crippen LogP contribution in [-0.2, 0) is 16.6 Å². The molecule has 6 heteroatoms. The SMILES string of the molecule is CCNCc1cc(S(=O)(=O)NC2CC2)cn1C1CC1. The van der Waals surface area contributed by atoms with Gasteiger partial charge in [-0.2, -0.15) is 0 Å². The van der Waals surface area contributed by atoms with E-state index in [1.54, 1.807) is 6.20 Å². The normalized spacial score (nSPS) is 19.8. The molecule has 0 atom stereocenters. The van der Waals surface area contributed by atoms with Gasteiger partial charge in [0.25, 0.3) is 0 Å². The third-order valence-corrected chi connectivity index (χ3v) is 5.10. The second kappa shape index (κ2) is 4.92. The number of nitrogens with zero attached hydrogens (tertiary/aromatic N) is 1. The number of aromatic nitrogens is 1. The van der Waals surface area contributed by atoms with Crippen molar-refractivity contribution in [1.29, 1.82) is 0 Å². The topological polar surface area (TPSA) is 63.1 Å². The first kappa shape index (κ1) is 13.1. The Morgan fingerprint density at radius 3 is 2.63 bits per heavy atom. The molecule has 2 saturated carbocycles. The highest BCUT2D eigenvalue weighted by Crippen LogP contribution is 2.37. The molecule has 0 radical (unpaired) electrons. The highest BCUT2D eigenvalue weighted by Gasteiger charge is 2.31. The zero-order valence-electron chi connectivity index (χ0n) is 11.2. The van der Waals surface area contributed by atoms with Gasteiger partial charge in [0.05, 0.1) is 4.90 Å². The third kappa shape index (κ3) is 3.01. The van der Waals surface area contributed by atoms with Crippen molar-refractivity contribution in [3.63, 3.8) is 0 Å². The number of sulfonamides is 1.